The van der Waals surface area contributed by atoms with Crippen LogP contribution in [0.25, 0.3) is 6.08 Å². The van der Waals surface area contributed by atoms with E-state index in [0.717, 1.165) is 0 Å². The first-order valence-corrected chi connectivity index (χ1v) is 7.94. The molecule has 3 rings (SSSR count). The van der Waals surface area contributed by atoms with Gasteiger partial charge in [0.2, 0.25) is 0 Å². The van der Waals surface area contributed by atoms with Crippen molar-refractivity contribution in [3.8, 4) is 5.75 Å². The average molecular weight is 362 g/mol. The molecule has 0 atom stereocenters. The van der Waals surface area contributed by atoms with E-state index in [2.05, 4.69) is 5.32 Å². The molecule has 24 heavy (non-hydrogen) atoms. The van der Waals surface area contributed by atoms with Crippen molar-refractivity contribution < 1.29 is 18.9 Å². The van der Waals surface area contributed by atoms with Crippen LogP contribution in [0.15, 0.2) is 45.7 Å². The van der Waals surface area contributed by atoms with Crippen LogP contribution in [-0.4, -0.2) is 15.2 Å². The molecule has 1 aromatic carbocycles. The fourth-order valence-corrected chi connectivity index (χ4v) is 2.94. The maximum absolute atomic E-state index is 11.6. The highest BCUT2D eigenvalue weighted by molar-refractivity contribution is 8.26. The zero-order valence-corrected chi connectivity index (χ0v) is 13.7. The molecule has 1 saturated heterocycles. The van der Waals surface area contributed by atoms with Gasteiger partial charge < -0.3 is 14.5 Å². The fourth-order valence-electron chi connectivity index (χ4n) is 1.92. The SMILES string of the molecule is O=C1NC(=S)S/C1=C/c1ccc(COc2ccc([N+](=O)[O-])cc2)o1. The molecule has 2 heterocycles. The van der Waals surface area contributed by atoms with E-state index in [4.69, 9.17) is 21.4 Å². The van der Waals surface area contributed by atoms with Crippen molar-refractivity contribution in [3.63, 3.8) is 0 Å². The lowest BCUT2D eigenvalue weighted by Gasteiger charge is -2.03. The molecule has 0 unspecified atom stereocenters. The molecule has 2 aromatic rings. The van der Waals surface area contributed by atoms with Crippen molar-refractivity contribution in [2.24, 2.45) is 0 Å². The van der Waals surface area contributed by atoms with Crippen molar-refractivity contribution in [2.45, 2.75) is 6.61 Å². The Morgan fingerprint density at radius 1 is 1.29 bits per heavy atom. The van der Waals surface area contributed by atoms with E-state index in [9.17, 15) is 14.9 Å². The van der Waals surface area contributed by atoms with E-state index in [0.29, 0.717) is 26.5 Å². The lowest BCUT2D eigenvalue weighted by Crippen LogP contribution is -2.17. The molecule has 9 heteroatoms. The second kappa shape index (κ2) is 6.85. The third-order valence-corrected chi connectivity index (χ3v) is 4.19. The second-order valence-corrected chi connectivity index (χ2v) is 6.41. The number of benzene rings is 1. The van der Waals surface area contributed by atoms with Gasteiger partial charge in [-0.05, 0) is 24.3 Å². The minimum atomic E-state index is -0.473. The Bertz CT molecular complexity index is 842. The molecule has 7 nitrogen and oxygen atoms in total. The van der Waals surface area contributed by atoms with Gasteiger partial charge in [-0.2, -0.15) is 0 Å². The Morgan fingerprint density at radius 2 is 2.04 bits per heavy atom. The summed E-state index contributed by atoms with van der Waals surface area (Å²) in [5, 5.41) is 13.1. The third-order valence-electron chi connectivity index (χ3n) is 3.03. The van der Waals surface area contributed by atoms with Gasteiger partial charge in [0, 0.05) is 18.2 Å². The number of carbonyl (C=O) groups excluding carboxylic acids is 1. The molecule has 122 valence electrons. The summed E-state index contributed by atoms with van der Waals surface area (Å²) in [6.45, 7) is 0.165. The Kier molecular flexibility index (Phi) is 4.63. The first-order valence-electron chi connectivity index (χ1n) is 6.72. The summed E-state index contributed by atoms with van der Waals surface area (Å²) < 4.78 is 11.5. The lowest BCUT2D eigenvalue weighted by atomic mass is 10.3. The topological polar surface area (TPSA) is 94.6 Å². The van der Waals surface area contributed by atoms with Gasteiger partial charge in [-0.15, -0.1) is 0 Å². The van der Waals surface area contributed by atoms with Crippen molar-refractivity contribution in [1.29, 1.82) is 0 Å². The number of amides is 1. The standard InChI is InChI=1S/C15H10N2O5S2/c18-14-13(24-15(23)16-14)7-11-5-6-12(22-11)8-21-10-3-1-9(2-4-10)17(19)20/h1-7H,8H2,(H,16,18,23)/b13-7+. The van der Waals surface area contributed by atoms with Gasteiger partial charge in [-0.25, -0.2) is 0 Å². The molecule has 1 amide bonds. The molecular weight excluding hydrogens is 352 g/mol. The van der Waals surface area contributed by atoms with E-state index in [1.807, 2.05) is 0 Å². The first kappa shape index (κ1) is 16.2. The highest BCUT2D eigenvalue weighted by atomic mass is 32.2. The minimum Gasteiger partial charge on any atom is -0.486 e. The van der Waals surface area contributed by atoms with E-state index in [1.54, 1.807) is 18.2 Å². The Hall–Kier alpha value is -2.65. The van der Waals surface area contributed by atoms with Gasteiger partial charge in [-0.3, -0.25) is 14.9 Å². The van der Waals surface area contributed by atoms with Crippen LogP contribution in [-0.2, 0) is 11.4 Å². The van der Waals surface area contributed by atoms with E-state index >= 15 is 0 Å². The number of hydrogen-bond acceptors (Lipinski definition) is 7. The van der Waals surface area contributed by atoms with Gasteiger partial charge in [0.05, 0.1) is 9.83 Å². The van der Waals surface area contributed by atoms with Crippen LogP contribution in [0.1, 0.15) is 11.5 Å². The van der Waals surface area contributed by atoms with Crippen molar-refractivity contribution in [3.05, 3.63) is 62.9 Å². The van der Waals surface area contributed by atoms with Crippen LogP contribution < -0.4 is 10.1 Å². The first-order chi connectivity index (χ1) is 11.5. The van der Waals surface area contributed by atoms with Crippen molar-refractivity contribution in [2.75, 3.05) is 0 Å². The summed E-state index contributed by atoms with van der Waals surface area (Å²) in [7, 11) is 0. The van der Waals surface area contributed by atoms with Crippen LogP contribution in [0, 0.1) is 10.1 Å². The smallest absolute Gasteiger partial charge is 0.269 e. The van der Waals surface area contributed by atoms with Gasteiger partial charge in [-0.1, -0.05) is 24.0 Å². The zero-order chi connectivity index (χ0) is 17.1. The molecule has 0 spiro atoms. The molecule has 0 radical (unpaired) electrons. The van der Waals surface area contributed by atoms with Crippen molar-refractivity contribution in [1.82, 2.24) is 5.32 Å². The predicted molar refractivity (Wildman–Crippen MR) is 92.4 cm³/mol. The Morgan fingerprint density at radius 3 is 2.67 bits per heavy atom. The largest absolute Gasteiger partial charge is 0.486 e. The summed E-state index contributed by atoms with van der Waals surface area (Å²) in [4.78, 5) is 22.2. The number of furan rings is 1. The monoisotopic (exact) mass is 362 g/mol. The van der Waals surface area contributed by atoms with Crippen LogP contribution in [0.2, 0.25) is 0 Å². The normalized spacial score (nSPS) is 15.6. The quantitative estimate of drug-likeness (QED) is 0.377. The summed E-state index contributed by atoms with van der Waals surface area (Å²) in [6, 6.07) is 9.22. The van der Waals surface area contributed by atoms with E-state index < -0.39 is 4.92 Å². The number of thioether (sulfide) groups is 1. The predicted octanol–water partition coefficient (Wildman–Crippen LogP) is 3.26. The number of nitrogens with one attached hydrogen (secondary N) is 1. The molecular formula is C15H10N2O5S2. The molecule has 1 aliphatic rings. The van der Waals surface area contributed by atoms with Crippen LogP contribution in [0.4, 0.5) is 5.69 Å². The maximum atomic E-state index is 11.6. The van der Waals surface area contributed by atoms with Gasteiger partial charge in [0.1, 0.15) is 28.2 Å². The summed E-state index contributed by atoms with van der Waals surface area (Å²) in [5.41, 5.74) is -0.000450. The molecule has 0 aliphatic carbocycles. The molecule has 0 bridgehead atoms. The molecule has 1 aromatic heterocycles. The van der Waals surface area contributed by atoms with Gasteiger partial charge in [0.25, 0.3) is 11.6 Å². The van der Waals surface area contributed by atoms with Crippen molar-refractivity contribution >= 4 is 46.0 Å². The molecule has 0 saturated carbocycles. The maximum Gasteiger partial charge on any atom is 0.269 e. The molecule has 1 aliphatic heterocycles. The number of non-ortho nitro benzene ring substituents is 1. The summed E-state index contributed by atoms with van der Waals surface area (Å²) in [5.74, 6) is 1.32. The third kappa shape index (κ3) is 3.81. The minimum absolute atomic E-state index is 0.000450. The fraction of sp³-hybridized carbons (Fsp3) is 0.0667. The number of nitro benzene ring substituents is 1. The highest BCUT2D eigenvalue weighted by Crippen LogP contribution is 2.26. The number of rotatable bonds is 5. The van der Waals surface area contributed by atoms with Gasteiger partial charge in [0.15, 0.2) is 0 Å². The number of carbonyl (C=O) groups is 1. The average Bonchev–Trinajstić information content (AvgIpc) is 3.12. The number of hydrogen-bond donors (Lipinski definition) is 1. The Balaban J connectivity index is 1.62. The zero-order valence-electron chi connectivity index (χ0n) is 12.1. The number of thiocarbonyl (C=S) groups is 1. The highest BCUT2D eigenvalue weighted by Gasteiger charge is 2.22. The Labute approximate surface area is 145 Å². The lowest BCUT2D eigenvalue weighted by molar-refractivity contribution is -0.384. The summed E-state index contributed by atoms with van der Waals surface area (Å²) >= 11 is 6.09. The van der Waals surface area contributed by atoms with Crippen LogP contribution >= 0.6 is 24.0 Å². The molecule has 1 fully saturated rings. The summed E-state index contributed by atoms with van der Waals surface area (Å²) in [6.07, 6.45) is 1.61. The number of ether oxygens (including phenoxy) is 1. The van der Waals surface area contributed by atoms with E-state index in [-0.39, 0.29) is 18.2 Å². The number of nitro groups is 1. The van der Waals surface area contributed by atoms with Crippen LogP contribution in [0.5, 0.6) is 5.75 Å². The van der Waals surface area contributed by atoms with Gasteiger partial charge >= 0.3 is 0 Å². The molecule has 1 N–H and O–H groups in total. The van der Waals surface area contributed by atoms with Crippen LogP contribution in [0.3, 0.4) is 0 Å². The second-order valence-electron chi connectivity index (χ2n) is 4.70. The van der Waals surface area contributed by atoms with E-state index in [1.165, 1.54) is 36.0 Å². The number of nitrogens with zero attached hydrogens (tertiary/aromatic N) is 1.